The zero-order chi connectivity index (χ0) is 25.5. The van der Waals surface area contributed by atoms with Gasteiger partial charge in [0.05, 0.1) is 11.9 Å². The van der Waals surface area contributed by atoms with Gasteiger partial charge in [0.2, 0.25) is 21.8 Å². The summed E-state index contributed by atoms with van der Waals surface area (Å²) in [7, 11) is -3.76. The van der Waals surface area contributed by atoms with E-state index in [0.29, 0.717) is 29.2 Å². The molecule has 0 heterocycles. The van der Waals surface area contributed by atoms with Crippen molar-refractivity contribution in [3.8, 4) is 0 Å². The SMILES string of the molecule is CCNC(=O)[C@H](CC)N(Cc1ccccc1Cl)C(=O)CN(c1ccc(C(C)C)cc1)S(C)(=O)=O. The molecule has 7 nitrogen and oxygen atoms in total. The molecule has 0 spiro atoms. The number of benzene rings is 2. The molecule has 1 atom stereocenters. The predicted octanol–water partition coefficient (Wildman–Crippen LogP) is 4.17. The number of carbonyl (C=O) groups excluding carboxylic acids is 2. The maximum Gasteiger partial charge on any atom is 0.244 e. The van der Waals surface area contributed by atoms with Gasteiger partial charge >= 0.3 is 0 Å². The third kappa shape index (κ3) is 7.21. The van der Waals surface area contributed by atoms with E-state index in [1.165, 1.54) is 4.90 Å². The molecule has 0 unspecified atom stereocenters. The lowest BCUT2D eigenvalue weighted by atomic mass is 10.0. The zero-order valence-electron chi connectivity index (χ0n) is 20.4. The fraction of sp³-hybridized carbons (Fsp3) is 0.440. The molecule has 0 bridgehead atoms. The zero-order valence-corrected chi connectivity index (χ0v) is 22.0. The van der Waals surface area contributed by atoms with Crippen LogP contribution < -0.4 is 9.62 Å². The molecule has 1 N–H and O–H groups in total. The van der Waals surface area contributed by atoms with Gasteiger partial charge in [0.15, 0.2) is 0 Å². The van der Waals surface area contributed by atoms with E-state index >= 15 is 0 Å². The van der Waals surface area contributed by atoms with E-state index in [9.17, 15) is 18.0 Å². The number of sulfonamides is 1. The van der Waals surface area contributed by atoms with Gasteiger partial charge in [-0.2, -0.15) is 0 Å². The molecule has 2 aromatic rings. The Kier molecular flexibility index (Phi) is 9.94. The summed E-state index contributed by atoms with van der Waals surface area (Å²) in [5.41, 5.74) is 2.13. The van der Waals surface area contributed by atoms with Gasteiger partial charge in [-0.1, -0.05) is 62.7 Å². The van der Waals surface area contributed by atoms with E-state index in [2.05, 4.69) is 5.32 Å². The number of hydrogen-bond donors (Lipinski definition) is 1. The molecule has 0 saturated heterocycles. The van der Waals surface area contributed by atoms with Crippen LogP contribution in [-0.2, 0) is 26.2 Å². The van der Waals surface area contributed by atoms with Crippen molar-refractivity contribution in [2.75, 3.05) is 23.7 Å². The standard InChI is InChI=1S/C25H34ClN3O4S/c1-6-23(25(31)27-7-2)28(16-20-10-8-9-11-22(20)26)24(30)17-29(34(5,32)33)21-14-12-19(13-15-21)18(3)4/h8-15,18,23H,6-7,16-17H2,1-5H3,(H,27,31)/t23-/m0/s1. The first-order valence-electron chi connectivity index (χ1n) is 11.4. The van der Waals surface area contributed by atoms with Crippen LogP contribution in [0, 0.1) is 0 Å². The van der Waals surface area contributed by atoms with Crippen LogP contribution in [-0.4, -0.2) is 50.5 Å². The van der Waals surface area contributed by atoms with Gasteiger partial charge in [0, 0.05) is 18.1 Å². The number of likely N-dealkylation sites (N-methyl/N-ethyl adjacent to an activating group) is 1. The minimum absolute atomic E-state index is 0.0814. The minimum Gasteiger partial charge on any atom is -0.355 e. The van der Waals surface area contributed by atoms with Crippen LogP contribution in [0.4, 0.5) is 5.69 Å². The highest BCUT2D eigenvalue weighted by atomic mass is 35.5. The Morgan fingerprint density at radius 1 is 1.03 bits per heavy atom. The molecule has 186 valence electrons. The van der Waals surface area contributed by atoms with Crippen molar-refractivity contribution in [2.24, 2.45) is 0 Å². The Bertz CT molecular complexity index is 1090. The van der Waals surface area contributed by atoms with Crippen LogP contribution in [0.3, 0.4) is 0 Å². The van der Waals surface area contributed by atoms with Crippen LogP contribution in [0.5, 0.6) is 0 Å². The molecule has 0 saturated carbocycles. The van der Waals surface area contributed by atoms with Gasteiger partial charge in [-0.15, -0.1) is 0 Å². The third-order valence-corrected chi connectivity index (χ3v) is 7.07. The molecular formula is C25H34ClN3O4S. The van der Waals surface area contributed by atoms with Crippen molar-refractivity contribution in [1.29, 1.82) is 0 Å². The highest BCUT2D eigenvalue weighted by Gasteiger charge is 2.31. The van der Waals surface area contributed by atoms with Crippen LogP contribution >= 0.6 is 11.6 Å². The Morgan fingerprint density at radius 3 is 2.15 bits per heavy atom. The van der Waals surface area contributed by atoms with E-state index in [-0.39, 0.29) is 18.4 Å². The van der Waals surface area contributed by atoms with Crippen LogP contribution in [0.2, 0.25) is 5.02 Å². The third-order valence-electron chi connectivity index (χ3n) is 5.56. The van der Waals surface area contributed by atoms with Gasteiger partial charge in [0.25, 0.3) is 0 Å². The molecule has 0 radical (unpaired) electrons. The first-order chi connectivity index (χ1) is 16.0. The molecule has 2 rings (SSSR count). The van der Waals surface area contributed by atoms with Crippen LogP contribution in [0.15, 0.2) is 48.5 Å². The lowest BCUT2D eigenvalue weighted by Crippen LogP contribution is -2.52. The number of anilines is 1. The van der Waals surface area contributed by atoms with Crippen molar-refractivity contribution in [1.82, 2.24) is 10.2 Å². The molecule has 0 aliphatic rings. The molecule has 0 aromatic heterocycles. The number of nitrogens with zero attached hydrogens (tertiary/aromatic N) is 2. The molecular weight excluding hydrogens is 474 g/mol. The summed E-state index contributed by atoms with van der Waals surface area (Å²) in [6.07, 6.45) is 1.43. The first kappa shape index (κ1) is 27.7. The number of amides is 2. The van der Waals surface area contributed by atoms with Crippen LogP contribution in [0.25, 0.3) is 0 Å². The van der Waals surface area contributed by atoms with Crippen molar-refractivity contribution < 1.29 is 18.0 Å². The molecule has 2 aromatic carbocycles. The molecule has 9 heteroatoms. The summed E-state index contributed by atoms with van der Waals surface area (Å²) in [6.45, 7) is 7.78. The maximum atomic E-state index is 13.6. The largest absolute Gasteiger partial charge is 0.355 e. The predicted molar refractivity (Wildman–Crippen MR) is 137 cm³/mol. The summed E-state index contributed by atoms with van der Waals surface area (Å²) < 4.78 is 26.4. The Morgan fingerprint density at radius 2 is 1.65 bits per heavy atom. The van der Waals surface area contributed by atoms with Gasteiger partial charge in [-0.25, -0.2) is 8.42 Å². The van der Waals surface area contributed by atoms with E-state index in [0.717, 1.165) is 16.1 Å². The van der Waals surface area contributed by atoms with Crippen molar-refractivity contribution in [2.45, 2.75) is 52.6 Å². The second-order valence-corrected chi connectivity index (χ2v) is 10.8. The van der Waals surface area contributed by atoms with Crippen molar-refractivity contribution >= 4 is 39.1 Å². The van der Waals surface area contributed by atoms with E-state index in [1.54, 1.807) is 43.3 Å². The van der Waals surface area contributed by atoms with Crippen LogP contribution in [0.1, 0.15) is 51.2 Å². The minimum atomic E-state index is -3.76. The number of nitrogens with one attached hydrogen (secondary N) is 1. The smallest absolute Gasteiger partial charge is 0.244 e. The van der Waals surface area contributed by atoms with Gasteiger partial charge < -0.3 is 10.2 Å². The number of rotatable bonds is 11. The molecule has 0 fully saturated rings. The fourth-order valence-electron chi connectivity index (χ4n) is 3.66. The van der Waals surface area contributed by atoms with Crippen molar-refractivity contribution in [3.63, 3.8) is 0 Å². The molecule has 0 aliphatic carbocycles. The van der Waals surface area contributed by atoms with Gasteiger partial charge in [-0.05, 0) is 48.6 Å². The molecule has 2 amide bonds. The number of carbonyl (C=O) groups is 2. The summed E-state index contributed by atoms with van der Waals surface area (Å²) in [5.74, 6) is -0.496. The molecule has 34 heavy (non-hydrogen) atoms. The average molecular weight is 508 g/mol. The summed E-state index contributed by atoms with van der Waals surface area (Å²) in [4.78, 5) is 27.8. The molecule has 0 aliphatic heterocycles. The van der Waals surface area contributed by atoms with E-state index in [1.807, 2.05) is 32.9 Å². The van der Waals surface area contributed by atoms with E-state index < -0.39 is 28.5 Å². The summed E-state index contributed by atoms with van der Waals surface area (Å²) in [6, 6.07) is 13.4. The maximum absolute atomic E-state index is 13.6. The normalized spacial score (nSPS) is 12.3. The average Bonchev–Trinajstić information content (AvgIpc) is 2.78. The van der Waals surface area contributed by atoms with E-state index in [4.69, 9.17) is 11.6 Å². The Hall–Kier alpha value is -2.58. The second-order valence-electron chi connectivity index (χ2n) is 8.45. The summed E-state index contributed by atoms with van der Waals surface area (Å²) in [5, 5.41) is 3.23. The lowest BCUT2D eigenvalue weighted by Gasteiger charge is -2.33. The topological polar surface area (TPSA) is 86.8 Å². The van der Waals surface area contributed by atoms with Gasteiger partial charge in [-0.3, -0.25) is 13.9 Å². The Balaban J connectivity index is 2.44. The summed E-state index contributed by atoms with van der Waals surface area (Å²) >= 11 is 6.33. The van der Waals surface area contributed by atoms with Gasteiger partial charge in [0.1, 0.15) is 12.6 Å². The van der Waals surface area contributed by atoms with Crippen molar-refractivity contribution in [3.05, 3.63) is 64.7 Å². The Labute approximate surface area is 208 Å². The quantitative estimate of drug-likeness (QED) is 0.494. The highest BCUT2D eigenvalue weighted by molar-refractivity contribution is 7.92. The second kappa shape index (κ2) is 12.2. The first-order valence-corrected chi connectivity index (χ1v) is 13.6. The monoisotopic (exact) mass is 507 g/mol. The lowest BCUT2D eigenvalue weighted by molar-refractivity contribution is -0.140. The number of halogens is 1. The number of hydrogen-bond acceptors (Lipinski definition) is 4. The highest BCUT2D eigenvalue weighted by Crippen LogP contribution is 2.24. The fourth-order valence-corrected chi connectivity index (χ4v) is 4.71.